The predicted octanol–water partition coefficient (Wildman–Crippen LogP) is 2.71. The van der Waals surface area contributed by atoms with Crippen LogP contribution in [0.1, 0.15) is 11.1 Å². The number of nitrogens with zero attached hydrogens (tertiary/aromatic N) is 1. The van der Waals surface area contributed by atoms with Crippen molar-refractivity contribution in [1.82, 2.24) is 4.90 Å². The Kier molecular flexibility index (Phi) is 5.63. The number of ether oxygens (including phenoxy) is 3. The normalized spacial score (nSPS) is 13.7. The van der Waals surface area contributed by atoms with Crippen LogP contribution >= 0.6 is 0 Å². The molecule has 0 aromatic heterocycles. The number of hydrogen-bond donors (Lipinski definition) is 1. The van der Waals surface area contributed by atoms with Crippen molar-refractivity contribution >= 4 is 11.6 Å². The van der Waals surface area contributed by atoms with Gasteiger partial charge < -0.3 is 19.5 Å². The first-order valence-corrected chi connectivity index (χ1v) is 8.53. The lowest BCUT2D eigenvalue weighted by molar-refractivity contribution is -0.117. The largest absolute Gasteiger partial charge is 0.497 e. The van der Waals surface area contributed by atoms with Gasteiger partial charge in [0.15, 0.2) is 11.5 Å². The lowest BCUT2D eigenvalue weighted by Crippen LogP contribution is -2.37. The van der Waals surface area contributed by atoms with E-state index < -0.39 is 0 Å². The molecule has 0 atom stereocenters. The third kappa shape index (κ3) is 4.08. The Morgan fingerprint density at radius 3 is 2.27 bits per heavy atom. The molecule has 0 aliphatic carbocycles. The Morgan fingerprint density at radius 2 is 1.65 bits per heavy atom. The minimum atomic E-state index is -0.0286. The van der Waals surface area contributed by atoms with Crippen molar-refractivity contribution in [2.24, 2.45) is 0 Å². The molecule has 2 aromatic carbocycles. The van der Waals surface area contributed by atoms with Gasteiger partial charge in [-0.2, -0.15) is 0 Å². The summed E-state index contributed by atoms with van der Waals surface area (Å²) in [5.41, 5.74) is 3.18. The summed E-state index contributed by atoms with van der Waals surface area (Å²) in [5, 5.41) is 2.92. The molecule has 0 unspecified atom stereocenters. The number of hydrogen-bond acceptors (Lipinski definition) is 5. The highest BCUT2D eigenvalue weighted by atomic mass is 16.5. The first-order chi connectivity index (χ1) is 12.6. The summed E-state index contributed by atoms with van der Waals surface area (Å²) in [6, 6.07) is 11.3. The summed E-state index contributed by atoms with van der Waals surface area (Å²) in [6.45, 7) is 1.89. The van der Waals surface area contributed by atoms with Crippen molar-refractivity contribution in [2.45, 2.75) is 13.0 Å². The Bertz CT molecular complexity index is 774. The van der Waals surface area contributed by atoms with Crippen molar-refractivity contribution < 1.29 is 19.0 Å². The fraction of sp³-hybridized carbons (Fsp3) is 0.350. The van der Waals surface area contributed by atoms with Crippen LogP contribution in [0.5, 0.6) is 17.2 Å². The van der Waals surface area contributed by atoms with Crippen molar-refractivity contribution in [3.05, 3.63) is 47.5 Å². The smallest absolute Gasteiger partial charge is 0.238 e. The van der Waals surface area contributed by atoms with E-state index in [2.05, 4.69) is 10.2 Å². The SMILES string of the molecule is COc1ccc(NC(=O)CN2CCc3cc(OC)c(OC)cc3C2)cc1. The average Bonchev–Trinajstić information content (AvgIpc) is 2.67. The average molecular weight is 356 g/mol. The number of rotatable bonds is 6. The van der Waals surface area contributed by atoms with E-state index in [9.17, 15) is 4.79 Å². The van der Waals surface area contributed by atoms with Gasteiger partial charge in [0.1, 0.15) is 5.75 Å². The molecule has 0 spiro atoms. The van der Waals surface area contributed by atoms with E-state index in [1.807, 2.05) is 36.4 Å². The molecule has 6 nitrogen and oxygen atoms in total. The maximum absolute atomic E-state index is 12.3. The number of nitrogens with one attached hydrogen (secondary N) is 1. The molecule has 1 heterocycles. The third-order valence-electron chi connectivity index (χ3n) is 4.54. The zero-order valence-electron chi connectivity index (χ0n) is 15.4. The monoisotopic (exact) mass is 356 g/mol. The molecule has 1 amide bonds. The number of anilines is 1. The minimum absolute atomic E-state index is 0.0286. The van der Waals surface area contributed by atoms with Crippen molar-refractivity contribution in [2.75, 3.05) is 39.7 Å². The standard InChI is InChI=1S/C20H24N2O4/c1-24-17-6-4-16(5-7-17)21-20(23)13-22-9-8-14-10-18(25-2)19(26-3)11-15(14)12-22/h4-7,10-11H,8-9,12-13H2,1-3H3,(H,21,23). The molecule has 1 aliphatic heterocycles. The summed E-state index contributed by atoms with van der Waals surface area (Å²) in [5.74, 6) is 2.20. The molecule has 138 valence electrons. The molecule has 0 saturated heterocycles. The van der Waals surface area contributed by atoms with E-state index in [1.165, 1.54) is 11.1 Å². The highest BCUT2D eigenvalue weighted by Gasteiger charge is 2.21. The molecule has 0 bridgehead atoms. The fourth-order valence-electron chi connectivity index (χ4n) is 3.15. The molecule has 2 aromatic rings. The zero-order valence-corrected chi connectivity index (χ0v) is 15.4. The van der Waals surface area contributed by atoms with Gasteiger partial charge in [-0.05, 0) is 53.9 Å². The summed E-state index contributed by atoms with van der Waals surface area (Å²) < 4.78 is 15.9. The second-order valence-electron chi connectivity index (χ2n) is 6.21. The maximum Gasteiger partial charge on any atom is 0.238 e. The van der Waals surface area contributed by atoms with Crippen LogP contribution in [-0.4, -0.2) is 45.2 Å². The second-order valence-corrected chi connectivity index (χ2v) is 6.21. The van der Waals surface area contributed by atoms with Gasteiger partial charge in [0.2, 0.25) is 5.91 Å². The third-order valence-corrected chi connectivity index (χ3v) is 4.54. The number of fused-ring (bicyclic) bond motifs is 1. The topological polar surface area (TPSA) is 60.0 Å². The van der Waals surface area contributed by atoms with Crippen LogP contribution in [0, 0.1) is 0 Å². The van der Waals surface area contributed by atoms with Crippen molar-refractivity contribution in [1.29, 1.82) is 0 Å². The summed E-state index contributed by atoms with van der Waals surface area (Å²) >= 11 is 0. The molecule has 0 fully saturated rings. The lowest BCUT2D eigenvalue weighted by Gasteiger charge is -2.29. The Hall–Kier alpha value is -2.73. The van der Waals surface area contributed by atoms with E-state index in [4.69, 9.17) is 14.2 Å². The van der Waals surface area contributed by atoms with Gasteiger partial charge in [0, 0.05) is 18.8 Å². The Morgan fingerprint density at radius 1 is 1.00 bits per heavy atom. The van der Waals surface area contributed by atoms with Gasteiger partial charge in [-0.25, -0.2) is 0 Å². The highest BCUT2D eigenvalue weighted by molar-refractivity contribution is 5.92. The van der Waals surface area contributed by atoms with Gasteiger partial charge in [-0.15, -0.1) is 0 Å². The summed E-state index contributed by atoms with van der Waals surface area (Å²) in [4.78, 5) is 14.5. The van der Waals surface area contributed by atoms with Crippen LogP contribution in [0.3, 0.4) is 0 Å². The van der Waals surface area contributed by atoms with Gasteiger partial charge in [-0.1, -0.05) is 0 Å². The number of carbonyl (C=O) groups excluding carboxylic acids is 1. The van der Waals surface area contributed by atoms with Crippen LogP contribution in [0.4, 0.5) is 5.69 Å². The molecule has 1 aliphatic rings. The fourth-order valence-corrected chi connectivity index (χ4v) is 3.15. The summed E-state index contributed by atoms with van der Waals surface area (Å²) in [7, 11) is 4.89. The molecule has 0 radical (unpaired) electrons. The van der Waals surface area contributed by atoms with Gasteiger partial charge in [0.25, 0.3) is 0 Å². The van der Waals surface area contributed by atoms with E-state index in [0.29, 0.717) is 13.1 Å². The molecule has 0 saturated carbocycles. The van der Waals surface area contributed by atoms with Crippen LogP contribution in [0.15, 0.2) is 36.4 Å². The van der Waals surface area contributed by atoms with Crippen LogP contribution in [-0.2, 0) is 17.8 Å². The number of carbonyl (C=O) groups is 1. The minimum Gasteiger partial charge on any atom is -0.497 e. The Balaban J connectivity index is 1.62. The first-order valence-electron chi connectivity index (χ1n) is 8.53. The van der Waals surface area contributed by atoms with Gasteiger partial charge in [-0.3, -0.25) is 9.69 Å². The van der Waals surface area contributed by atoms with Crippen molar-refractivity contribution in [3.63, 3.8) is 0 Å². The first kappa shape index (κ1) is 18.1. The number of amides is 1. The van der Waals surface area contributed by atoms with Crippen LogP contribution in [0.25, 0.3) is 0 Å². The van der Waals surface area contributed by atoms with Gasteiger partial charge >= 0.3 is 0 Å². The molecule has 26 heavy (non-hydrogen) atoms. The van der Waals surface area contributed by atoms with Gasteiger partial charge in [0.05, 0.1) is 27.9 Å². The van der Waals surface area contributed by atoms with Crippen LogP contribution in [0.2, 0.25) is 0 Å². The van der Waals surface area contributed by atoms with E-state index in [0.717, 1.165) is 35.9 Å². The number of benzene rings is 2. The molecular weight excluding hydrogens is 332 g/mol. The predicted molar refractivity (Wildman–Crippen MR) is 100 cm³/mol. The molecule has 6 heteroatoms. The van der Waals surface area contributed by atoms with E-state index in [-0.39, 0.29) is 5.91 Å². The lowest BCUT2D eigenvalue weighted by atomic mass is 9.99. The maximum atomic E-state index is 12.3. The summed E-state index contributed by atoms with van der Waals surface area (Å²) in [6.07, 6.45) is 0.880. The van der Waals surface area contributed by atoms with E-state index >= 15 is 0 Å². The van der Waals surface area contributed by atoms with E-state index in [1.54, 1.807) is 21.3 Å². The molecule has 3 rings (SSSR count). The quantitative estimate of drug-likeness (QED) is 0.862. The zero-order chi connectivity index (χ0) is 18.5. The van der Waals surface area contributed by atoms with Crippen LogP contribution < -0.4 is 19.5 Å². The Labute approximate surface area is 153 Å². The number of methoxy groups -OCH3 is 3. The second kappa shape index (κ2) is 8.10. The highest BCUT2D eigenvalue weighted by Crippen LogP contribution is 2.33. The molecular formula is C20H24N2O4. The van der Waals surface area contributed by atoms with Crippen molar-refractivity contribution in [3.8, 4) is 17.2 Å². The molecule has 1 N–H and O–H groups in total.